The molecule has 1 aromatic carbocycles. The Kier molecular flexibility index (Phi) is 4.22. The van der Waals surface area contributed by atoms with E-state index in [0.717, 1.165) is 40.6 Å². The van der Waals surface area contributed by atoms with E-state index in [4.69, 9.17) is 9.63 Å². The molecule has 2 saturated carbocycles. The van der Waals surface area contributed by atoms with Gasteiger partial charge in [0.25, 0.3) is 0 Å². The highest BCUT2D eigenvalue weighted by molar-refractivity contribution is 9.10. The molecular weight excluding hydrogens is 374 g/mol. The zero-order chi connectivity index (χ0) is 16.7. The van der Waals surface area contributed by atoms with Crippen molar-refractivity contribution in [1.82, 2.24) is 10.1 Å². The molecule has 0 radical (unpaired) electrons. The third-order valence-corrected chi connectivity index (χ3v) is 5.42. The van der Waals surface area contributed by atoms with Gasteiger partial charge >= 0.3 is 5.97 Å². The van der Waals surface area contributed by atoms with Gasteiger partial charge in [-0.25, -0.2) is 0 Å². The van der Waals surface area contributed by atoms with E-state index in [0.29, 0.717) is 18.0 Å². The van der Waals surface area contributed by atoms with Crippen LogP contribution in [-0.4, -0.2) is 46.3 Å². The number of aliphatic carboxylic acids is 1. The van der Waals surface area contributed by atoms with Crippen LogP contribution in [0.25, 0.3) is 11.0 Å². The van der Waals surface area contributed by atoms with E-state index < -0.39 is 5.97 Å². The highest BCUT2D eigenvalue weighted by Crippen LogP contribution is 2.35. The quantitative estimate of drug-likeness (QED) is 0.750. The first-order valence-corrected chi connectivity index (χ1v) is 9.15. The Hall–Kier alpha value is -1.60. The van der Waals surface area contributed by atoms with Gasteiger partial charge < -0.3 is 14.9 Å². The Bertz CT molecular complexity index is 753. The summed E-state index contributed by atoms with van der Waals surface area (Å²) in [6, 6.07) is 6.49. The van der Waals surface area contributed by atoms with Gasteiger partial charge in [0.15, 0.2) is 11.4 Å². The first-order valence-electron chi connectivity index (χ1n) is 8.36. The monoisotopic (exact) mass is 393 g/mol. The van der Waals surface area contributed by atoms with Crippen LogP contribution in [0.2, 0.25) is 0 Å². The first-order chi connectivity index (χ1) is 11.6. The average Bonchev–Trinajstić information content (AvgIpc) is 3.21. The van der Waals surface area contributed by atoms with E-state index in [1.54, 1.807) is 0 Å². The number of hydrogen-bond acceptors (Lipinski definition) is 5. The number of nitrogens with one attached hydrogen (secondary N) is 1. The van der Waals surface area contributed by atoms with Crippen LogP contribution < -0.4 is 5.32 Å². The molecule has 0 spiro atoms. The second-order valence-corrected chi connectivity index (χ2v) is 7.82. The lowest BCUT2D eigenvalue weighted by atomic mass is 9.85. The summed E-state index contributed by atoms with van der Waals surface area (Å²) in [6.07, 6.45) is 4.37. The van der Waals surface area contributed by atoms with Crippen LogP contribution in [0.15, 0.2) is 27.2 Å². The SMILES string of the molecule is O=C(O)CN(CC1CC1)C1CC(Nc2noc3ccc(Br)cc23)C1. The summed E-state index contributed by atoms with van der Waals surface area (Å²) in [5.41, 5.74) is 0.762. The summed E-state index contributed by atoms with van der Waals surface area (Å²) >= 11 is 3.47. The molecule has 0 aliphatic heterocycles. The maximum atomic E-state index is 11.1. The van der Waals surface area contributed by atoms with Gasteiger partial charge in [0.1, 0.15) is 0 Å². The molecule has 0 bridgehead atoms. The molecule has 0 unspecified atom stereocenters. The minimum absolute atomic E-state index is 0.147. The first kappa shape index (κ1) is 15.9. The fourth-order valence-electron chi connectivity index (χ4n) is 3.36. The van der Waals surface area contributed by atoms with Crippen molar-refractivity contribution in [2.75, 3.05) is 18.4 Å². The summed E-state index contributed by atoms with van der Waals surface area (Å²) in [4.78, 5) is 13.2. The van der Waals surface area contributed by atoms with Crippen LogP contribution in [0, 0.1) is 5.92 Å². The van der Waals surface area contributed by atoms with Crippen molar-refractivity contribution < 1.29 is 14.4 Å². The maximum absolute atomic E-state index is 11.1. The van der Waals surface area contributed by atoms with E-state index in [1.807, 2.05) is 18.2 Å². The molecular formula is C17H20BrN3O3. The van der Waals surface area contributed by atoms with Gasteiger partial charge in [-0.1, -0.05) is 21.1 Å². The standard InChI is InChI=1S/C17H20BrN3O3/c18-11-3-4-15-14(5-11)17(20-24-15)19-12-6-13(7-12)21(9-16(22)23)8-10-1-2-10/h3-5,10,12-13H,1-2,6-9H2,(H,19,20)(H,22,23). The number of carboxylic acid groups (broad SMARTS) is 1. The number of fused-ring (bicyclic) bond motifs is 1. The Morgan fingerprint density at radius 3 is 2.92 bits per heavy atom. The number of aromatic nitrogens is 1. The summed E-state index contributed by atoms with van der Waals surface area (Å²) in [5.74, 6) is 0.731. The Morgan fingerprint density at radius 2 is 2.21 bits per heavy atom. The predicted molar refractivity (Wildman–Crippen MR) is 94.1 cm³/mol. The maximum Gasteiger partial charge on any atom is 0.317 e. The topological polar surface area (TPSA) is 78.6 Å². The van der Waals surface area contributed by atoms with Crippen molar-refractivity contribution in [1.29, 1.82) is 0 Å². The van der Waals surface area contributed by atoms with Crippen molar-refractivity contribution in [3.05, 3.63) is 22.7 Å². The van der Waals surface area contributed by atoms with E-state index >= 15 is 0 Å². The Labute approximate surface area is 148 Å². The van der Waals surface area contributed by atoms with Gasteiger partial charge in [-0.15, -0.1) is 0 Å². The fourth-order valence-corrected chi connectivity index (χ4v) is 3.72. The lowest BCUT2D eigenvalue weighted by Gasteiger charge is -2.42. The molecule has 2 fully saturated rings. The zero-order valence-electron chi connectivity index (χ0n) is 13.2. The van der Waals surface area contributed by atoms with Gasteiger partial charge in [-0.05, 0) is 49.8 Å². The van der Waals surface area contributed by atoms with Crippen LogP contribution in [0.3, 0.4) is 0 Å². The number of carbonyl (C=O) groups is 1. The van der Waals surface area contributed by atoms with E-state index in [-0.39, 0.29) is 6.54 Å². The summed E-state index contributed by atoms with van der Waals surface area (Å²) < 4.78 is 6.33. The molecule has 24 heavy (non-hydrogen) atoms. The molecule has 0 saturated heterocycles. The van der Waals surface area contributed by atoms with E-state index in [1.165, 1.54) is 12.8 Å². The Balaban J connectivity index is 1.37. The second-order valence-electron chi connectivity index (χ2n) is 6.90. The lowest BCUT2D eigenvalue weighted by molar-refractivity contribution is -0.139. The van der Waals surface area contributed by atoms with Gasteiger partial charge in [-0.3, -0.25) is 9.69 Å². The zero-order valence-corrected chi connectivity index (χ0v) is 14.8. The number of rotatable bonds is 7. The molecule has 2 aliphatic rings. The minimum atomic E-state index is -0.737. The third kappa shape index (κ3) is 3.42. The Morgan fingerprint density at radius 1 is 1.42 bits per heavy atom. The molecule has 6 nitrogen and oxygen atoms in total. The summed E-state index contributed by atoms with van der Waals surface area (Å²) in [7, 11) is 0. The predicted octanol–water partition coefficient (Wildman–Crippen LogP) is 3.33. The van der Waals surface area contributed by atoms with Crippen molar-refractivity contribution >= 4 is 38.7 Å². The lowest BCUT2D eigenvalue weighted by Crippen LogP contribution is -2.52. The van der Waals surface area contributed by atoms with Crippen molar-refractivity contribution in [3.8, 4) is 0 Å². The summed E-state index contributed by atoms with van der Waals surface area (Å²) in [6.45, 7) is 1.07. The molecule has 1 aromatic heterocycles. The molecule has 2 aromatic rings. The number of hydrogen-bond donors (Lipinski definition) is 2. The van der Waals surface area contributed by atoms with Crippen LogP contribution in [0.5, 0.6) is 0 Å². The van der Waals surface area contributed by atoms with Gasteiger partial charge in [0, 0.05) is 23.1 Å². The molecule has 2 N–H and O–H groups in total. The highest BCUT2D eigenvalue weighted by atomic mass is 79.9. The molecule has 128 valence electrons. The third-order valence-electron chi connectivity index (χ3n) is 4.93. The van der Waals surface area contributed by atoms with Crippen molar-refractivity contribution in [2.45, 2.75) is 37.8 Å². The number of halogens is 1. The molecule has 0 atom stereocenters. The number of benzene rings is 1. The molecule has 0 amide bonds. The summed E-state index contributed by atoms with van der Waals surface area (Å²) in [5, 5.41) is 17.6. The van der Waals surface area contributed by atoms with E-state index in [2.05, 4.69) is 31.3 Å². The fraction of sp³-hybridized carbons (Fsp3) is 0.529. The number of nitrogens with zero attached hydrogens (tertiary/aromatic N) is 2. The van der Waals surface area contributed by atoms with Crippen LogP contribution >= 0.6 is 15.9 Å². The second kappa shape index (κ2) is 6.37. The highest BCUT2D eigenvalue weighted by Gasteiger charge is 2.37. The van der Waals surface area contributed by atoms with Gasteiger partial charge in [0.2, 0.25) is 0 Å². The van der Waals surface area contributed by atoms with Gasteiger partial charge in [0.05, 0.1) is 11.9 Å². The van der Waals surface area contributed by atoms with Crippen LogP contribution in [-0.2, 0) is 4.79 Å². The largest absolute Gasteiger partial charge is 0.480 e. The van der Waals surface area contributed by atoms with E-state index in [9.17, 15) is 4.79 Å². The smallest absolute Gasteiger partial charge is 0.317 e. The molecule has 7 heteroatoms. The van der Waals surface area contributed by atoms with Crippen LogP contribution in [0.1, 0.15) is 25.7 Å². The van der Waals surface area contributed by atoms with Gasteiger partial charge in [-0.2, -0.15) is 0 Å². The minimum Gasteiger partial charge on any atom is -0.480 e. The number of carboxylic acids is 1. The van der Waals surface area contributed by atoms with Crippen LogP contribution in [0.4, 0.5) is 5.82 Å². The van der Waals surface area contributed by atoms with Crippen molar-refractivity contribution in [2.24, 2.45) is 5.92 Å². The average molecular weight is 394 g/mol. The molecule has 2 aliphatic carbocycles. The normalized spacial score (nSPS) is 23.4. The molecule has 4 rings (SSSR count). The number of anilines is 1. The molecule has 1 heterocycles. The van der Waals surface area contributed by atoms with Crippen molar-refractivity contribution in [3.63, 3.8) is 0 Å².